The van der Waals surface area contributed by atoms with Gasteiger partial charge in [0.15, 0.2) is 0 Å². The number of pyridine rings is 1. The van der Waals surface area contributed by atoms with Crippen LogP contribution in [-0.4, -0.2) is 29.1 Å². The zero-order valence-electron chi connectivity index (χ0n) is 14.1. The highest BCUT2D eigenvalue weighted by Crippen LogP contribution is 2.20. The van der Waals surface area contributed by atoms with Crippen molar-refractivity contribution in [3.8, 4) is 0 Å². The van der Waals surface area contributed by atoms with Gasteiger partial charge in [-0.15, -0.1) is 11.8 Å². The van der Waals surface area contributed by atoms with Crippen LogP contribution < -0.4 is 10.6 Å². The summed E-state index contributed by atoms with van der Waals surface area (Å²) in [5.74, 6) is 0.554. The maximum Gasteiger partial charge on any atom is 0.251 e. The van der Waals surface area contributed by atoms with Gasteiger partial charge in [0.25, 0.3) is 5.91 Å². The van der Waals surface area contributed by atoms with Gasteiger partial charge >= 0.3 is 0 Å². The first-order valence-corrected chi connectivity index (χ1v) is 9.70. The minimum Gasteiger partial charge on any atom is -0.352 e. The van der Waals surface area contributed by atoms with Crippen LogP contribution in [0.2, 0.25) is 0 Å². The summed E-state index contributed by atoms with van der Waals surface area (Å²) in [4.78, 5) is 28.4. The lowest BCUT2D eigenvalue weighted by atomic mass is 10.2. The first kappa shape index (κ1) is 19.5. The van der Waals surface area contributed by atoms with E-state index in [0.29, 0.717) is 5.56 Å². The Balaban J connectivity index is 1.83. The van der Waals surface area contributed by atoms with Gasteiger partial charge in [-0.3, -0.25) is 9.59 Å². The number of nitrogens with zero attached hydrogens (tertiary/aromatic N) is 1. The molecule has 0 fully saturated rings. The van der Waals surface area contributed by atoms with E-state index in [0.717, 1.165) is 26.5 Å². The van der Waals surface area contributed by atoms with Crippen LogP contribution in [0.25, 0.3) is 0 Å². The second-order valence-electron chi connectivity index (χ2n) is 5.33. The average molecular weight is 422 g/mol. The molecule has 132 valence electrons. The van der Waals surface area contributed by atoms with Crippen LogP contribution in [0.1, 0.15) is 29.3 Å². The van der Waals surface area contributed by atoms with E-state index in [2.05, 4.69) is 31.5 Å². The van der Waals surface area contributed by atoms with Crippen molar-refractivity contribution in [3.05, 3.63) is 52.1 Å². The van der Waals surface area contributed by atoms with E-state index in [4.69, 9.17) is 0 Å². The Hall–Kier alpha value is -1.86. The van der Waals surface area contributed by atoms with Crippen molar-refractivity contribution in [2.24, 2.45) is 0 Å². The highest BCUT2D eigenvalue weighted by Gasteiger charge is 2.09. The van der Waals surface area contributed by atoms with Gasteiger partial charge in [0.05, 0.1) is 5.03 Å². The van der Waals surface area contributed by atoms with E-state index >= 15 is 0 Å². The van der Waals surface area contributed by atoms with Gasteiger partial charge in [0.1, 0.15) is 0 Å². The number of benzene rings is 1. The third-order valence-corrected chi connectivity index (χ3v) is 4.70. The molecule has 0 aliphatic rings. The molecular weight excluding hydrogens is 402 g/mol. The van der Waals surface area contributed by atoms with E-state index in [1.54, 1.807) is 30.1 Å². The van der Waals surface area contributed by atoms with Crippen LogP contribution in [0.15, 0.2) is 46.0 Å². The van der Waals surface area contributed by atoms with Gasteiger partial charge in [-0.1, -0.05) is 28.9 Å². The fraction of sp³-hybridized carbons (Fsp3) is 0.278. The molecule has 0 atom stereocenters. The molecule has 0 saturated carbocycles. The highest BCUT2D eigenvalue weighted by atomic mass is 79.9. The fourth-order valence-electron chi connectivity index (χ4n) is 2.11. The molecule has 0 spiro atoms. The third-order valence-electron chi connectivity index (χ3n) is 3.40. The number of carbonyl (C=O) groups is 2. The van der Waals surface area contributed by atoms with Crippen molar-refractivity contribution in [2.45, 2.75) is 25.3 Å². The summed E-state index contributed by atoms with van der Waals surface area (Å²) in [6.45, 7) is 4.24. The summed E-state index contributed by atoms with van der Waals surface area (Å²) in [6.07, 6.45) is 1.83. The number of anilines is 1. The number of amides is 2. The maximum absolute atomic E-state index is 12.2. The summed E-state index contributed by atoms with van der Waals surface area (Å²) in [7, 11) is 0. The standard InChI is InChI=1S/C18H20BrN3O2S/c1-3-25-17-10-13(6-8-20-17)18(24)21-9-7-16(23)22-15-11-14(19)5-4-12(15)2/h4-6,8,10-11H,3,7,9H2,1-2H3,(H,21,24)(H,22,23). The zero-order chi connectivity index (χ0) is 18.2. The van der Waals surface area contributed by atoms with Crippen molar-refractivity contribution in [1.82, 2.24) is 10.3 Å². The lowest BCUT2D eigenvalue weighted by Crippen LogP contribution is -2.27. The molecule has 1 heterocycles. The molecule has 5 nitrogen and oxygen atoms in total. The van der Waals surface area contributed by atoms with E-state index in [1.807, 2.05) is 32.0 Å². The fourth-order valence-corrected chi connectivity index (χ4v) is 3.11. The second-order valence-corrected chi connectivity index (χ2v) is 7.53. The number of hydrogen-bond donors (Lipinski definition) is 2. The molecule has 25 heavy (non-hydrogen) atoms. The summed E-state index contributed by atoms with van der Waals surface area (Å²) >= 11 is 4.97. The van der Waals surface area contributed by atoms with Crippen LogP contribution in [0.3, 0.4) is 0 Å². The largest absolute Gasteiger partial charge is 0.352 e. The normalized spacial score (nSPS) is 10.4. The van der Waals surface area contributed by atoms with Crippen molar-refractivity contribution in [3.63, 3.8) is 0 Å². The van der Waals surface area contributed by atoms with Gasteiger partial charge in [0.2, 0.25) is 5.91 Å². The molecule has 0 aliphatic heterocycles. The van der Waals surface area contributed by atoms with Crippen molar-refractivity contribution >= 4 is 45.2 Å². The SMILES string of the molecule is CCSc1cc(C(=O)NCCC(=O)Nc2cc(Br)ccc2C)ccn1. The molecule has 2 rings (SSSR count). The van der Waals surface area contributed by atoms with Crippen LogP contribution in [-0.2, 0) is 4.79 Å². The molecule has 1 aromatic carbocycles. The van der Waals surface area contributed by atoms with Gasteiger partial charge in [-0.05, 0) is 42.5 Å². The molecule has 2 N–H and O–H groups in total. The number of aromatic nitrogens is 1. The van der Waals surface area contributed by atoms with E-state index in [-0.39, 0.29) is 24.8 Å². The Morgan fingerprint density at radius 1 is 1.24 bits per heavy atom. The average Bonchev–Trinajstić information content (AvgIpc) is 2.58. The molecule has 7 heteroatoms. The summed E-state index contributed by atoms with van der Waals surface area (Å²) in [6, 6.07) is 9.13. The van der Waals surface area contributed by atoms with Gasteiger partial charge in [-0.25, -0.2) is 4.98 Å². The first-order chi connectivity index (χ1) is 12.0. The molecule has 0 aliphatic carbocycles. The molecule has 0 unspecified atom stereocenters. The molecule has 2 aromatic rings. The number of halogens is 1. The monoisotopic (exact) mass is 421 g/mol. The Labute approximate surface area is 160 Å². The number of rotatable bonds is 7. The van der Waals surface area contributed by atoms with Crippen molar-refractivity contribution in [2.75, 3.05) is 17.6 Å². The lowest BCUT2D eigenvalue weighted by molar-refractivity contribution is -0.116. The zero-order valence-corrected chi connectivity index (χ0v) is 16.5. The Kier molecular flexibility index (Phi) is 7.46. The highest BCUT2D eigenvalue weighted by molar-refractivity contribution is 9.10. The maximum atomic E-state index is 12.2. The number of thioether (sulfide) groups is 1. The van der Waals surface area contributed by atoms with Gasteiger partial charge in [-0.2, -0.15) is 0 Å². The van der Waals surface area contributed by atoms with Crippen molar-refractivity contribution < 1.29 is 9.59 Å². The number of aryl methyl sites for hydroxylation is 1. The molecule has 0 saturated heterocycles. The Bertz CT molecular complexity index is 768. The molecular formula is C18H20BrN3O2S. The summed E-state index contributed by atoms with van der Waals surface area (Å²) in [5.41, 5.74) is 2.30. The molecule has 0 radical (unpaired) electrons. The number of nitrogens with one attached hydrogen (secondary N) is 2. The van der Waals surface area contributed by atoms with Crippen molar-refractivity contribution in [1.29, 1.82) is 0 Å². The van der Waals surface area contributed by atoms with E-state index in [9.17, 15) is 9.59 Å². The molecule has 0 bridgehead atoms. The second kappa shape index (κ2) is 9.58. The predicted molar refractivity (Wildman–Crippen MR) is 105 cm³/mol. The number of hydrogen-bond acceptors (Lipinski definition) is 4. The lowest BCUT2D eigenvalue weighted by Gasteiger charge is -2.10. The van der Waals surface area contributed by atoms with Gasteiger partial charge in [0, 0.05) is 34.9 Å². The van der Waals surface area contributed by atoms with Crippen LogP contribution in [0.5, 0.6) is 0 Å². The van der Waals surface area contributed by atoms with Gasteiger partial charge < -0.3 is 10.6 Å². The predicted octanol–water partition coefficient (Wildman–Crippen LogP) is 4.02. The quantitative estimate of drug-likeness (QED) is 0.662. The number of carbonyl (C=O) groups excluding carboxylic acids is 2. The minimum absolute atomic E-state index is 0.140. The van der Waals surface area contributed by atoms with E-state index < -0.39 is 0 Å². The van der Waals surface area contributed by atoms with Crippen LogP contribution >= 0.6 is 27.7 Å². The van der Waals surface area contributed by atoms with Crippen LogP contribution in [0.4, 0.5) is 5.69 Å². The third kappa shape index (κ3) is 6.17. The summed E-state index contributed by atoms with van der Waals surface area (Å²) < 4.78 is 0.903. The smallest absolute Gasteiger partial charge is 0.251 e. The minimum atomic E-state index is -0.202. The summed E-state index contributed by atoms with van der Waals surface area (Å²) in [5, 5.41) is 6.44. The molecule has 2 amide bonds. The molecule has 1 aromatic heterocycles. The Morgan fingerprint density at radius 3 is 2.80 bits per heavy atom. The first-order valence-electron chi connectivity index (χ1n) is 7.92. The van der Waals surface area contributed by atoms with Crippen LogP contribution in [0, 0.1) is 6.92 Å². The van der Waals surface area contributed by atoms with E-state index in [1.165, 1.54) is 0 Å². The topological polar surface area (TPSA) is 71.1 Å². The Morgan fingerprint density at radius 2 is 2.04 bits per heavy atom.